The van der Waals surface area contributed by atoms with Crippen LogP contribution in [0, 0.1) is 23.6 Å². The molecule has 114 valence electrons. The van der Waals surface area contributed by atoms with Crippen molar-refractivity contribution in [3.8, 4) is 11.8 Å². The molecule has 1 unspecified atom stereocenters. The number of aliphatic hydroxyl groups excluding tert-OH is 1. The second-order valence-electron chi connectivity index (χ2n) is 5.37. The molecule has 0 radical (unpaired) electrons. The monoisotopic (exact) mass is 291 g/mol. The molecule has 0 aliphatic heterocycles. The van der Waals surface area contributed by atoms with E-state index in [0.717, 1.165) is 0 Å². The Balaban J connectivity index is 3.04. The molecule has 1 amide bonds. The average molecular weight is 291 g/mol. The lowest BCUT2D eigenvalue weighted by Gasteiger charge is -2.28. The lowest BCUT2D eigenvalue weighted by Crippen LogP contribution is -2.38. The highest BCUT2D eigenvalue weighted by Crippen LogP contribution is 2.16. The fourth-order valence-electron chi connectivity index (χ4n) is 1.81. The third-order valence-electron chi connectivity index (χ3n) is 3.56. The van der Waals surface area contributed by atoms with Crippen LogP contribution >= 0.6 is 0 Å². The molecular weight excluding hydrogens is 269 g/mol. The van der Waals surface area contributed by atoms with Gasteiger partial charge in [-0.2, -0.15) is 0 Å². The smallest absolute Gasteiger partial charge is 0.256 e. The molecule has 1 N–H and O–H groups in total. The minimum absolute atomic E-state index is 0.0148. The normalized spacial score (nSPS) is 11.8. The van der Waals surface area contributed by atoms with Crippen LogP contribution in [0.2, 0.25) is 0 Å². The predicted molar refractivity (Wildman–Crippen MR) is 81.4 cm³/mol. The van der Waals surface area contributed by atoms with E-state index in [1.807, 2.05) is 20.8 Å². The Morgan fingerprint density at radius 1 is 1.38 bits per heavy atom. The summed E-state index contributed by atoms with van der Waals surface area (Å²) in [6.07, 6.45) is 0.352. The fraction of sp³-hybridized carbons (Fsp3) is 0.471. The first-order valence-corrected chi connectivity index (χ1v) is 7.05. The van der Waals surface area contributed by atoms with E-state index in [9.17, 15) is 9.18 Å². The number of nitrogens with zero attached hydrogens (tertiary/aromatic N) is 1. The lowest BCUT2D eigenvalue weighted by molar-refractivity contribution is 0.0702. The zero-order valence-corrected chi connectivity index (χ0v) is 13.0. The molecule has 3 nitrogen and oxygen atoms in total. The molecule has 1 atom stereocenters. The molecule has 0 aromatic heterocycles. The summed E-state index contributed by atoms with van der Waals surface area (Å²) in [5.74, 6) is 4.96. The summed E-state index contributed by atoms with van der Waals surface area (Å²) in [4.78, 5) is 13.9. The number of aliphatic hydroxyl groups is 1. The summed E-state index contributed by atoms with van der Waals surface area (Å²) >= 11 is 0. The number of amides is 1. The largest absolute Gasteiger partial charge is 0.395 e. The Labute approximate surface area is 125 Å². The fourth-order valence-corrected chi connectivity index (χ4v) is 1.81. The van der Waals surface area contributed by atoms with Gasteiger partial charge in [0.25, 0.3) is 5.91 Å². The molecule has 0 bridgehead atoms. The van der Waals surface area contributed by atoms with Crippen molar-refractivity contribution in [3.05, 3.63) is 35.1 Å². The van der Waals surface area contributed by atoms with E-state index in [2.05, 4.69) is 11.8 Å². The van der Waals surface area contributed by atoms with Gasteiger partial charge in [0.2, 0.25) is 0 Å². The van der Waals surface area contributed by atoms with Crippen LogP contribution < -0.4 is 0 Å². The summed E-state index contributed by atoms with van der Waals surface area (Å²) in [6.45, 7) is 5.95. The van der Waals surface area contributed by atoms with Gasteiger partial charge in [0.05, 0.1) is 12.2 Å². The van der Waals surface area contributed by atoms with Crippen molar-refractivity contribution in [1.82, 2.24) is 4.90 Å². The number of halogens is 1. The van der Waals surface area contributed by atoms with Crippen molar-refractivity contribution in [2.24, 2.45) is 5.92 Å². The Morgan fingerprint density at radius 3 is 2.62 bits per heavy atom. The van der Waals surface area contributed by atoms with Crippen LogP contribution in [0.25, 0.3) is 0 Å². The van der Waals surface area contributed by atoms with Gasteiger partial charge in [-0.25, -0.2) is 4.39 Å². The minimum atomic E-state index is -0.546. The first-order chi connectivity index (χ1) is 9.88. The maximum Gasteiger partial charge on any atom is 0.256 e. The summed E-state index contributed by atoms with van der Waals surface area (Å²) in [6, 6.07) is 4.26. The van der Waals surface area contributed by atoms with Gasteiger partial charge in [-0.3, -0.25) is 4.79 Å². The predicted octanol–water partition coefficient (Wildman–Crippen LogP) is 2.68. The van der Waals surface area contributed by atoms with Gasteiger partial charge in [0.1, 0.15) is 5.82 Å². The zero-order valence-electron chi connectivity index (χ0n) is 13.0. The standard InChI is InChI=1S/C17H22FNO2/c1-12(2)13(3)19(4)17(21)15-11-14(7-5-6-10-20)8-9-16(15)18/h8-9,11-13,20H,6,10H2,1-4H3. The summed E-state index contributed by atoms with van der Waals surface area (Å²) in [5, 5.41) is 8.69. The quantitative estimate of drug-likeness (QED) is 0.866. The van der Waals surface area contributed by atoms with Gasteiger partial charge in [-0.05, 0) is 31.0 Å². The van der Waals surface area contributed by atoms with Crippen molar-refractivity contribution in [2.75, 3.05) is 13.7 Å². The van der Waals surface area contributed by atoms with Gasteiger partial charge in [0, 0.05) is 25.1 Å². The maximum atomic E-state index is 13.9. The minimum Gasteiger partial charge on any atom is -0.395 e. The number of carbonyl (C=O) groups is 1. The molecule has 4 heteroatoms. The Morgan fingerprint density at radius 2 is 2.05 bits per heavy atom. The summed E-state index contributed by atoms with van der Waals surface area (Å²) in [7, 11) is 1.68. The Bertz CT molecular complexity index is 558. The zero-order chi connectivity index (χ0) is 16.0. The Hall–Kier alpha value is -1.86. The molecule has 0 heterocycles. The summed E-state index contributed by atoms with van der Waals surface area (Å²) < 4.78 is 13.9. The first kappa shape index (κ1) is 17.2. The summed E-state index contributed by atoms with van der Waals surface area (Å²) in [5.41, 5.74) is 0.597. The third-order valence-corrected chi connectivity index (χ3v) is 3.56. The second-order valence-corrected chi connectivity index (χ2v) is 5.37. The number of hydrogen-bond acceptors (Lipinski definition) is 2. The molecule has 0 saturated carbocycles. The molecule has 0 saturated heterocycles. The highest BCUT2D eigenvalue weighted by Gasteiger charge is 2.22. The number of carbonyl (C=O) groups excluding carboxylic acids is 1. The topological polar surface area (TPSA) is 40.5 Å². The van der Waals surface area contributed by atoms with Crippen LogP contribution in [0.3, 0.4) is 0 Å². The van der Waals surface area contributed by atoms with Crippen LogP contribution in [-0.4, -0.2) is 35.6 Å². The van der Waals surface area contributed by atoms with Crippen LogP contribution in [0.4, 0.5) is 4.39 Å². The van der Waals surface area contributed by atoms with Gasteiger partial charge in [-0.15, -0.1) is 0 Å². The number of hydrogen-bond donors (Lipinski definition) is 1. The molecule has 0 fully saturated rings. The number of benzene rings is 1. The van der Waals surface area contributed by atoms with E-state index >= 15 is 0 Å². The number of rotatable bonds is 4. The molecule has 1 aromatic carbocycles. The van der Waals surface area contributed by atoms with E-state index in [-0.39, 0.29) is 30.0 Å². The van der Waals surface area contributed by atoms with Crippen LogP contribution in [0.5, 0.6) is 0 Å². The third kappa shape index (κ3) is 4.57. The molecule has 0 spiro atoms. The van der Waals surface area contributed by atoms with Gasteiger partial charge >= 0.3 is 0 Å². The highest BCUT2D eigenvalue weighted by molar-refractivity contribution is 5.94. The molecule has 1 aromatic rings. The molecule has 0 aliphatic carbocycles. The van der Waals surface area contributed by atoms with E-state index in [4.69, 9.17) is 5.11 Å². The van der Waals surface area contributed by atoms with E-state index < -0.39 is 5.82 Å². The van der Waals surface area contributed by atoms with Crippen LogP contribution in [0.1, 0.15) is 43.1 Å². The maximum absolute atomic E-state index is 13.9. The van der Waals surface area contributed by atoms with Crippen molar-refractivity contribution in [3.63, 3.8) is 0 Å². The van der Waals surface area contributed by atoms with Gasteiger partial charge < -0.3 is 10.0 Å². The molecule has 21 heavy (non-hydrogen) atoms. The van der Waals surface area contributed by atoms with Gasteiger partial charge in [0.15, 0.2) is 0 Å². The van der Waals surface area contributed by atoms with Crippen LogP contribution in [-0.2, 0) is 0 Å². The SMILES string of the molecule is CC(C)C(C)N(C)C(=O)c1cc(C#CCCO)ccc1F. The van der Waals surface area contributed by atoms with Crippen molar-refractivity contribution in [2.45, 2.75) is 33.2 Å². The molecule has 1 rings (SSSR count). The van der Waals surface area contributed by atoms with Crippen molar-refractivity contribution in [1.29, 1.82) is 0 Å². The van der Waals surface area contributed by atoms with E-state index in [0.29, 0.717) is 12.0 Å². The lowest BCUT2D eigenvalue weighted by atomic mass is 10.0. The van der Waals surface area contributed by atoms with Gasteiger partial charge in [-0.1, -0.05) is 25.7 Å². The molecular formula is C17H22FNO2. The molecule has 0 aliphatic rings. The Kier molecular flexibility index (Phi) is 6.39. The second kappa shape index (κ2) is 7.80. The van der Waals surface area contributed by atoms with Crippen molar-refractivity contribution >= 4 is 5.91 Å². The average Bonchev–Trinajstić information content (AvgIpc) is 2.46. The van der Waals surface area contributed by atoms with Crippen LogP contribution in [0.15, 0.2) is 18.2 Å². The van der Waals surface area contributed by atoms with Crippen molar-refractivity contribution < 1.29 is 14.3 Å². The highest BCUT2D eigenvalue weighted by atomic mass is 19.1. The van der Waals surface area contributed by atoms with E-state index in [1.165, 1.54) is 18.2 Å². The first-order valence-electron chi connectivity index (χ1n) is 7.05. The van der Waals surface area contributed by atoms with E-state index in [1.54, 1.807) is 11.9 Å².